The highest BCUT2D eigenvalue weighted by Gasteiger charge is 2.18. The van der Waals surface area contributed by atoms with E-state index in [1.807, 2.05) is 13.0 Å². The molecule has 0 bridgehead atoms. The molecule has 5 nitrogen and oxygen atoms in total. The maximum absolute atomic E-state index is 11.7. The third kappa shape index (κ3) is 2.73. The predicted molar refractivity (Wildman–Crippen MR) is 76.0 cm³/mol. The number of ether oxygens (including phenoxy) is 1. The number of hydrogen-bond donors (Lipinski definition) is 1. The molecule has 2 rings (SSSR count). The van der Waals surface area contributed by atoms with Crippen LogP contribution in [0.25, 0.3) is 10.9 Å². The van der Waals surface area contributed by atoms with Gasteiger partial charge < -0.3 is 9.72 Å². The summed E-state index contributed by atoms with van der Waals surface area (Å²) in [6, 6.07) is 3.65. The number of methoxy groups -OCH3 is 1. The number of halogens is 1. The molecule has 0 saturated carbocycles. The monoisotopic (exact) mass is 297 g/mol. The minimum Gasteiger partial charge on any atom is -0.495 e. The van der Waals surface area contributed by atoms with Crippen molar-refractivity contribution in [2.45, 2.75) is 20.3 Å². The fourth-order valence-electron chi connectivity index (χ4n) is 2.10. The molecule has 1 heterocycles. The van der Waals surface area contributed by atoms with E-state index in [-0.39, 0.29) is 6.42 Å². The second-order valence-electron chi connectivity index (χ2n) is 4.27. The van der Waals surface area contributed by atoms with E-state index in [4.69, 9.17) is 16.3 Å². The van der Waals surface area contributed by atoms with Crippen LogP contribution in [0.3, 0.4) is 0 Å². The van der Waals surface area contributed by atoms with E-state index in [2.05, 4.69) is 14.8 Å². The Morgan fingerprint density at radius 3 is 2.80 bits per heavy atom. The second kappa shape index (κ2) is 6.15. The molecule has 108 valence electrons. The molecule has 6 heteroatoms. The van der Waals surface area contributed by atoms with Crippen molar-refractivity contribution in [2.75, 3.05) is 13.7 Å². The summed E-state index contributed by atoms with van der Waals surface area (Å²) in [6.45, 7) is 3.94. The molecule has 0 amide bonds. The van der Waals surface area contributed by atoms with Gasteiger partial charge in [0.05, 0.1) is 25.2 Å². The van der Waals surface area contributed by atoms with Crippen LogP contribution in [0.2, 0.25) is 5.02 Å². The molecule has 0 aliphatic carbocycles. The van der Waals surface area contributed by atoms with Crippen LogP contribution in [0.1, 0.15) is 18.2 Å². The van der Waals surface area contributed by atoms with Crippen molar-refractivity contribution in [1.29, 1.82) is 0 Å². The largest absolute Gasteiger partial charge is 0.495 e. The van der Waals surface area contributed by atoms with Gasteiger partial charge in [0.15, 0.2) is 0 Å². The normalized spacial score (nSPS) is 10.8. The maximum atomic E-state index is 11.7. The second-order valence-corrected chi connectivity index (χ2v) is 4.65. The topological polar surface area (TPSA) is 60.5 Å². The third-order valence-electron chi connectivity index (χ3n) is 2.99. The number of aromatic nitrogens is 1. The van der Waals surface area contributed by atoms with Gasteiger partial charge in [-0.1, -0.05) is 11.6 Å². The van der Waals surface area contributed by atoms with Crippen LogP contribution in [0.4, 0.5) is 0 Å². The first-order valence-corrected chi connectivity index (χ1v) is 6.62. The van der Waals surface area contributed by atoms with E-state index >= 15 is 0 Å². The number of H-pyrrole nitrogens is 1. The summed E-state index contributed by atoms with van der Waals surface area (Å²) in [5.41, 5.74) is 2.50. The van der Waals surface area contributed by atoms with Crippen LogP contribution >= 0.6 is 11.6 Å². The van der Waals surface area contributed by atoms with Crippen molar-refractivity contribution in [3.8, 4) is 5.75 Å². The molecule has 0 radical (unpaired) electrons. The Labute approximate surface area is 121 Å². The zero-order valence-corrected chi connectivity index (χ0v) is 12.3. The molecule has 0 spiro atoms. The summed E-state index contributed by atoms with van der Waals surface area (Å²) >= 11 is 6.32. The first-order chi connectivity index (χ1) is 9.58. The lowest BCUT2D eigenvalue weighted by Crippen LogP contribution is -2.09. The van der Waals surface area contributed by atoms with Gasteiger partial charge in [0.2, 0.25) is 0 Å². The Kier molecular flexibility index (Phi) is 4.52. The van der Waals surface area contributed by atoms with E-state index in [1.165, 1.54) is 0 Å². The van der Waals surface area contributed by atoms with Crippen LogP contribution in [0, 0.1) is 6.92 Å². The number of rotatable bonds is 5. The Hall–Kier alpha value is -1.72. The van der Waals surface area contributed by atoms with E-state index < -0.39 is 5.97 Å². The Morgan fingerprint density at radius 1 is 1.40 bits per heavy atom. The zero-order valence-electron chi connectivity index (χ0n) is 11.6. The molecule has 1 N–H and O–H groups in total. The molecule has 20 heavy (non-hydrogen) atoms. The van der Waals surface area contributed by atoms with Gasteiger partial charge in [-0.15, -0.1) is 0 Å². The van der Waals surface area contributed by atoms with E-state index in [9.17, 15) is 4.79 Å². The number of fused-ring (bicyclic) bond motifs is 1. The smallest absolute Gasteiger partial charge is 0.346 e. The number of nitrogens with one attached hydrogen (secondary N) is 1. The van der Waals surface area contributed by atoms with E-state index in [0.717, 1.165) is 22.2 Å². The van der Waals surface area contributed by atoms with Gasteiger partial charge >= 0.3 is 5.97 Å². The van der Waals surface area contributed by atoms with Gasteiger partial charge in [-0.05, 0) is 31.5 Å². The number of carbonyl (C=O) groups excluding carboxylic acids is 1. The van der Waals surface area contributed by atoms with Crippen LogP contribution in [0.5, 0.6) is 5.75 Å². The molecule has 0 fully saturated rings. The Bertz CT molecular complexity index is 636. The molecule has 0 saturated heterocycles. The van der Waals surface area contributed by atoms with Gasteiger partial charge in [0, 0.05) is 16.6 Å². The third-order valence-corrected chi connectivity index (χ3v) is 3.37. The number of benzene rings is 1. The Morgan fingerprint density at radius 2 is 2.15 bits per heavy atom. The molecular formula is C14H16ClNO4. The average Bonchev–Trinajstić information content (AvgIpc) is 2.74. The van der Waals surface area contributed by atoms with E-state index in [1.54, 1.807) is 20.1 Å². The molecular weight excluding hydrogens is 282 g/mol. The summed E-state index contributed by atoms with van der Waals surface area (Å²) in [4.78, 5) is 24.2. The van der Waals surface area contributed by atoms with Gasteiger partial charge in [-0.3, -0.25) is 4.89 Å². The number of hydrogen-bond acceptors (Lipinski definition) is 4. The molecule has 1 aromatic carbocycles. The zero-order chi connectivity index (χ0) is 14.7. The lowest BCUT2D eigenvalue weighted by molar-refractivity contribution is -0.268. The number of aromatic amines is 1. The first kappa shape index (κ1) is 14.7. The summed E-state index contributed by atoms with van der Waals surface area (Å²) in [7, 11) is 1.55. The fraction of sp³-hybridized carbons (Fsp3) is 0.357. The van der Waals surface area contributed by atoms with Gasteiger partial charge in [0.25, 0.3) is 0 Å². The highest BCUT2D eigenvalue weighted by atomic mass is 35.5. The number of carbonyl (C=O) groups is 1. The van der Waals surface area contributed by atoms with Crippen LogP contribution in [-0.4, -0.2) is 24.7 Å². The van der Waals surface area contributed by atoms with E-state index in [0.29, 0.717) is 17.4 Å². The summed E-state index contributed by atoms with van der Waals surface area (Å²) in [5.74, 6) is 0.104. The molecule has 2 aromatic rings. The van der Waals surface area contributed by atoms with Crippen molar-refractivity contribution < 1.29 is 19.3 Å². The molecule has 0 aliphatic rings. The van der Waals surface area contributed by atoms with Crippen molar-refractivity contribution in [2.24, 2.45) is 0 Å². The molecule has 0 unspecified atom stereocenters. The predicted octanol–water partition coefficient (Wildman–Crippen LogP) is 3.18. The molecule has 0 atom stereocenters. The maximum Gasteiger partial charge on any atom is 0.346 e. The van der Waals surface area contributed by atoms with Crippen molar-refractivity contribution in [1.82, 2.24) is 4.98 Å². The van der Waals surface area contributed by atoms with Crippen molar-refractivity contribution >= 4 is 28.5 Å². The molecule has 0 aliphatic heterocycles. The average molecular weight is 298 g/mol. The van der Waals surface area contributed by atoms with Gasteiger partial charge in [-0.25, -0.2) is 4.79 Å². The fourth-order valence-corrected chi connectivity index (χ4v) is 2.45. The van der Waals surface area contributed by atoms with Crippen molar-refractivity contribution in [3.05, 3.63) is 28.4 Å². The minimum atomic E-state index is -0.463. The van der Waals surface area contributed by atoms with Crippen LogP contribution in [0.15, 0.2) is 12.1 Å². The summed E-state index contributed by atoms with van der Waals surface area (Å²) in [5, 5.41) is 1.26. The SMILES string of the molecule is CCOOC(=O)Cc1c(C)[nH]c2ccc(OC)c(Cl)c12. The van der Waals surface area contributed by atoms with Gasteiger partial charge in [0.1, 0.15) is 5.75 Å². The summed E-state index contributed by atoms with van der Waals surface area (Å²) < 4.78 is 5.20. The Balaban J connectivity index is 2.41. The molecule has 1 aromatic heterocycles. The lowest BCUT2D eigenvalue weighted by Gasteiger charge is -2.06. The highest BCUT2D eigenvalue weighted by molar-refractivity contribution is 6.37. The van der Waals surface area contributed by atoms with Crippen molar-refractivity contribution in [3.63, 3.8) is 0 Å². The van der Waals surface area contributed by atoms with Crippen LogP contribution in [-0.2, 0) is 21.0 Å². The summed E-state index contributed by atoms with van der Waals surface area (Å²) in [6.07, 6.45) is 0.0821. The minimum absolute atomic E-state index is 0.0821. The van der Waals surface area contributed by atoms with Crippen LogP contribution < -0.4 is 4.74 Å². The standard InChI is InChI=1S/C14H16ClNO4/c1-4-19-20-12(17)7-9-8(2)16-10-5-6-11(18-3)14(15)13(9)10/h5-6,16H,4,7H2,1-3H3. The highest BCUT2D eigenvalue weighted by Crippen LogP contribution is 2.36. The first-order valence-electron chi connectivity index (χ1n) is 6.24. The quantitative estimate of drug-likeness (QED) is 0.680. The van der Waals surface area contributed by atoms with Gasteiger partial charge in [-0.2, -0.15) is 4.89 Å². The number of aryl methyl sites for hydroxylation is 1. The lowest BCUT2D eigenvalue weighted by atomic mass is 10.1.